The first-order chi connectivity index (χ1) is 14.1. The summed E-state index contributed by atoms with van der Waals surface area (Å²) in [6, 6.07) is 8.07. The second-order valence-corrected chi connectivity index (χ2v) is 8.77. The molecule has 2 atom stereocenters. The van der Waals surface area contributed by atoms with Gasteiger partial charge in [-0.3, -0.25) is 9.78 Å². The second-order valence-electron chi connectivity index (χ2n) is 8.77. The van der Waals surface area contributed by atoms with Crippen LogP contribution >= 0.6 is 0 Å². The molecule has 2 heterocycles. The van der Waals surface area contributed by atoms with E-state index in [-0.39, 0.29) is 11.8 Å². The standard InChI is InChI=1S/C24H32N2O3/c1-29-20-7-8-23-21(15-20)18(9-12-25-23)3-2-4-19-11-14-26(13-10-17-5-6-17)16-22(19)24(27)28/h7-9,12,15,17,19,22H,2-6,10-11,13-14,16H2,1H3,(H,27,28)/t19-,22+/m1/s1. The summed E-state index contributed by atoms with van der Waals surface area (Å²) in [6.45, 7) is 2.85. The number of ether oxygens (including phenoxy) is 1. The van der Waals surface area contributed by atoms with Crippen molar-refractivity contribution in [2.75, 3.05) is 26.7 Å². The van der Waals surface area contributed by atoms with Crippen molar-refractivity contribution in [3.63, 3.8) is 0 Å². The molecule has 1 N–H and O–H groups in total. The molecular formula is C24H32N2O3. The monoisotopic (exact) mass is 396 g/mol. The van der Waals surface area contributed by atoms with Gasteiger partial charge in [0.15, 0.2) is 0 Å². The lowest BCUT2D eigenvalue weighted by Gasteiger charge is -2.36. The molecule has 1 saturated heterocycles. The minimum absolute atomic E-state index is 0.225. The molecule has 2 aliphatic rings. The number of carbonyl (C=O) groups is 1. The fourth-order valence-corrected chi connectivity index (χ4v) is 4.75. The third kappa shape index (κ3) is 5.08. The molecule has 1 aromatic heterocycles. The van der Waals surface area contributed by atoms with Crippen molar-refractivity contribution in [2.24, 2.45) is 17.8 Å². The van der Waals surface area contributed by atoms with Gasteiger partial charge in [0, 0.05) is 18.1 Å². The van der Waals surface area contributed by atoms with E-state index in [4.69, 9.17) is 4.74 Å². The van der Waals surface area contributed by atoms with Crippen molar-refractivity contribution >= 4 is 16.9 Å². The van der Waals surface area contributed by atoms with Crippen molar-refractivity contribution in [1.82, 2.24) is 9.88 Å². The molecule has 0 amide bonds. The summed E-state index contributed by atoms with van der Waals surface area (Å²) in [7, 11) is 1.68. The Bertz CT molecular complexity index is 849. The van der Waals surface area contributed by atoms with Gasteiger partial charge in [-0.05, 0) is 86.9 Å². The molecule has 1 aliphatic carbocycles. The van der Waals surface area contributed by atoms with E-state index in [2.05, 4.69) is 22.0 Å². The van der Waals surface area contributed by atoms with E-state index in [0.29, 0.717) is 0 Å². The van der Waals surface area contributed by atoms with Crippen LogP contribution in [0.1, 0.15) is 44.1 Å². The molecule has 0 radical (unpaired) electrons. The summed E-state index contributed by atoms with van der Waals surface area (Å²) in [4.78, 5) is 18.7. The molecule has 2 aromatic rings. The number of carboxylic acid groups (broad SMARTS) is 1. The minimum atomic E-state index is -0.620. The van der Waals surface area contributed by atoms with Crippen LogP contribution in [0.15, 0.2) is 30.5 Å². The Kier molecular flexibility index (Phi) is 6.34. The van der Waals surface area contributed by atoms with E-state index in [0.717, 1.165) is 67.9 Å². The number of rotatable bonds is 9. The minimum Gasteiger partial charge on any atom is -0.497 e. The molecule has 29 heavy (non-hydrogen) atoms. The first kappa shape index (κ1) is 20.1. The zero-order chi connectivity index (χ0) is 20.2. The molecule has 5 nitrogen and oxygen atoms in total. The van der Waals surface area contributed by atoms with E-state index in [9.17, 15) is 9.90 Å². The van der Waals surface area contributed by atoms with E-state index < -0.39 is 5.97 Å². The highest BCUT2D eigenvalue weighted by molar-refractivity contribution is 5.83. The maximum Gasteiger partial charge on any atom is 0.308 e. The van der Waals surface area contributed by atoms with Crippen molar-refractivity contribution in [3.8, 4) is 5.75 Å². The summed E-state index contributed by atoms with van der Waals surface area (Å²) in [5, 5.41) is 10.9. The highest BCUT2D eigenvalue weighted by Crippen LogP contribution is 2.34. The zero-order valence-corrected chi connectivity index (χ0v) is 17.3. The molecule has 5 heteroatoms. The molecule has 0 unspecified atom stereocenters. The van der Waals surface area contributed by atoms with Crippen LogP contribution < -0.4 is 4.74 Å². The summed E-state index contributed by atoms with van der Waals surface area (Å²) in [6.07, 6.45) is 9.78. The fraction of sp³-hybridized carbons (Fsp3) is 0.583. The van der Waals surface area contributed by atoms with Gasteiger partial charge in [-0.2, -0.15) is 0 Å². The Balaban J connectivity index is 1.34. The number of hydrogen-bond acceptors (Lipinski definition) is 4. The SMILES string of the molecule is COc1ccc2nccc(CCC[C@@H]3CCN(CCC4CC4)C[C@@H]3C(=O)O)c2c1. The molecule has 0 spiro atoms. The number of nitrogens with zero attached hydrogens (tertiary/aromatic N) is 2. The third-order valence-corrected chi connectivity index (χ3v) is 6.77. The van der Waals surface area contributed by atoms with Gasteiger partial charge in [0.1, 0.15) is 5.75 Å². The summed E-state index contributed by atoms with van der Waals surface area (Å²) >= 11 is 0. The number of pyridine rings is 1. The van der Waals surface area contributed by atoms with Crippen LogP contribution in [0, 0.1) is 17.8 Å². The number of aliphatic carboxylic acids is 1. The van der Waals surface area contributed by atoms with Gasteiger partial charge in [-0.15, -0.1) is 0 Å². The molecule has 0 bridgehead atoms. The average Bonchev–Trinajstić information content (AvgIpc) is 3.57. The van der Waals surface area contributed by atoms with E-state index in [1.54, 1.807) is 7.11 Å². The lowest BCUT2D eigenvalue weighted by atomic mass is 9.81. The summed E-state index contributed by atoms with van der Waals surface area (Å²) < 4.78 is 5.37. The average molecular weight is 397 g/mol. The fourth-order valence-electron chi connectivity index (χ4n) is 4.75. The predicted octanol–water partition coefficient (Wildman–Crippen LogP) is 4.39. The number of aromatic nitrogens is 1. The van der Waals surface area contributed by atoms with Gasteiger partial charge >= 0.3 is 5.97 Å². The molecule has 4 rings (SSSR count). The summed E-state index contributed by atoms with van der Waals surface area (Å²) in [5.74, 6) is 1.19. The lowest BCUT2D eigenvalue weighted by Crippen LogP contribution is -2.44. The van der Waals surface area contributed by atoms with Gasteiger partial charge in [-0.25, -0.2) is 0 Å². The third-order valence-electron chi connectivity index (χ3n) is 6.77. The Morgan fingerprint density at radius 3 is 2.86 bits per heavy atom. The highest BCUT2D eigenvalue weighted by atomic mass is 16.5. The van der Waals surface area contributed by atoms with Crippen LogP contribution in [0.3, 0.4) is 0 Å². The Hall–Kier alpha value is -2.14. The Morgan fingerprint density at radius 1 is 1.24 bits per heavy atom. The quantitative estimate of drug-likeness (QED) is 0.681. The topological polar surface area (TPSA) is 62.7 Å². The van der Waals surface area contributed by atoms with Crippen LogP contribution in [0.5, 0.6) is 5.75 Å². The van der Waals surface area contributed by atoms with Crippen LogP contribution in [0.25, 0.3) is 10.9 Å². The van der Waals surface area contributed by atoms with E-state index >= 15 is 0 Å². The van der Waals surface area contributed by atoms with Crippen LogP contribution in [-0.2, 0) is 11.2 Å². The van der Waals surface area contributed by atoms with Crippen molar-refractivity contribution in [3.05, 3.63) is 36.0 Å². The van der Waals surface area contributed by atoms with Crippen LogP contribution in [0.4, 0.5) is 0 Å². The van der Waals surface area contributed by atoms with Gasteiger partial charge in [-0.1, -0.05) is 12.8 Å². The molecular weight excluding hydrogens is 364 g/mol. The van der Waals surface area contributed by atoms with Gasteiger partial charge in [0.25, 0.3) is 0 Å². The maximum atomic E-state index is 11.9. The van der Waals surface area contributed by atoms with Crippen LogP contribution in [0.2, 0.25) is 0 Å². The summed E-state index contributed by atoms with van der Waals surface area (Å²) in [5.41, 5.74) is 2.25. The van der Waals surface area contributed by atoms with Crippen molar-refractivity contribution in [1.29, 1.82) is 0 Å². The molecule has 1 aliphatic heterocycles. The first-order valence-corrected chi connectivity index (χ1v) is 11.0. The van der Waals surface area contributed by atoms with Gasteiger partial charge in [0.05, 0.1) is 18.5 Å². The van der Waals surface area contributed by atoms with Crippen molar-refractivity contribution < 1.29 is 14.6 Å². The van der Waals surface area contributed by atoms with Gasteiger partial charge in [0.2, 0.25) is 0 Å². The van der Waals surface area contributed by atoms with Crippen molar-refractivity contribution in [2.45, 2.75) is 44.9 Å². The lowest BCUT2D eigenvalue weighted by molar-refractivity contribution is -0.146. The molecule has 156 valence electrons. The molecule has 1 aromatic carbocycles. The first-order valence-electron chi connectivity index (χ1n) is 11.0. The Morgan fingerprint density at radius 2 is 2.10 bits per heavy atom. The smallest absolute Gasteiger partial charge is 0.308 e. The second kappa shape index (κ2) is 9.12. The number of hydrogen-bond donors (Lipinski definition) is 1. The van der Waals surface area contributed by atoms with Gasteiger partial charge < -0.3 is 14.7 Å². The zero-order valence-electron chi connectivity index (χ0n) is 17.3. The highest BCUT2D eigenvalue weighted by Gasteiger charge is 2.34. The molecule has 1 saturated carbocycles. The largest absolute Gasteiger partial charge is 0.497 e. The number of methoxy groups -OCH3 is 1. The molecule has 2 fully saturated rings. The maximum absolute atomic E-state index is 11.9. The van der Waals surface area contributed by atoms with Crippen LogP contribution in [-0.4, -0.2) is 47.7 Å². The number of likely N-dealkylation sites (tertiary alicyclic amines) is 1. The normalized spacial score (nSPS) is 22.7. The number of fused-ring (bicyclic) bond motifs is 1. The van der Waals surface area contributed by atoms with E-state index in [1.807, 2.05) is 18.3 Å². The number of benzene rings is 1. The Labute approximate surface area is 173 Å². The number of carboxylic acids is 1. The number of piperidine rings is 1. The number of aryl methyl sites for hydroxylation is 1. The van der Waals surface area contributed by atoms with E-state index in [1.165, 1.54) is 24.8 Å². The predicted molar refractivity (Wildman–Crippen MR) is 114 cm³/mol.